The van der Waals surface area contributed by atoms with E-state index >= 15 is 0 Å². The average Bonchev–Trinajstić information content (AvgIpc) is 3.31. The van der Waals surface area contributed by atoms with Gasteiger partial charge in [-0.05, 0) is 39.0 Å². The Morgan fingerprint density at radius 3 is 2.83 bits per heavy atom. The molecular weight excluding hydrogens is 290 g/mol. The van der Waals surface area contributed by atoms with Crippen LogP contribution in [0, 0.1) is 19.8 Å². The second-order valence-electron chi connectivity index (χ2n) is 6.25. The van der Waals surface area contributed by atoms with Crippen LogP contribution in [0.1, 0.15) is 42.4 Å². The van der Waals surface area contributed by atoms with Gasteiger partial charge >= 0.3 is 0 Å². The van der Waals surface area contributed by atoms with Crippen LogP contribution in [0.2, 0.25) is 0 Å². The molecule has 0 aliphatic heterocycles. The van der Waals surface area contributed by atoms with Crippen LogP contribution in [-0.2, 0) is 24.2 Å². The summed E-state index contributed by atoms with van der Waals surface area (Å²) in [5.41, 5.74) is 3.98. The van der Waals surface area contributed by atoms with E-state index in [4.69, 9.17) is 0 Å². The van der Waals surface area contributed by atoms with Crippen molar-refractivity contribution in [1.82, 2.24) is 19.7 Å². The summed E-state index contributed by atoms with van der Waals surface area (Å²) < 4.78 is 2.05. The van der Waals surface area contributed by atoms with Crippen molar-refractivity contribution in [2.45, 2.75) is 53.0 Å². The number of carbonyl (C=O) groups excluding carboxylic acids is 1. The molecule has 2 aromatic rings. The lowest BCUT2D eigenvalue weighted by molar-refractivity contribution is -0.115. The third-order valence-corrected chi connectivity index (χ3v) is 4.35. The molecule has 1 aliphatic rings. The number of anilines is 1. The molecule has 6 heteroatoms. The van der Waals surface area contributed by atoms with Gasteiger partial charge in [0.05, 0.1) is 12.1 Å². The Labute approximate surface area is 136 Å². The first-order valence-corrected chi connectivity index (χ1v) is 8.20. The van der Waals surface area contributed by atoms with Gasteiger partial charge in [-0.25, -0.2) is 9.97 Å². The van der Waals surface area contributed by atoms with Crippen molar-refractivity contribution >= 4 is 11.7 Å². The van der Waals surface area contributed by atoms with Crippen LogP contribution in [0.15, 0.2) is 12.4 Å². The molecule has 122 valence electrons. The van der Waals surface area contributed by atoms with E-state index in [2.05, 4.69) is 25.1 Å². The first kappa shape index (κ1) is 15.6. The van der Waals surface area contributed by atoms with Crippen LogP contribution in [0.25, 0.3) is 0 Å². The summed E-state index contributed by atoms with van der Waals surface area (Å²) in [6.07, 6.45) is 5.22. The molecule has 3 rings (SSSR count). The van der Waals surface area contributed by atoms with Crippen LogP contribution < -0.4 is 5.32 Å². The number of amides is 1. The van der Waals surface area contributed by atoms with Crippen molar-refractivity contribution in [2.75, 3.05) is 5.32 Å². The molecule has 0 radical (unpaired) electrons. The number of hydrogen-bond acceptors (Lipinski definition) is 4. The number of aromatic nitrogens is 4. The van der Waals surface area contributed by atoms with E-state index in [0.717, 1.165) is 41.5 Å². The number of hydrogen-bond donors (Lipinski definition) is 1. The highest BCUT2D eigenvalue weighted by molar-refractivity contribution is 5.91. The molecule has 0 bridgehead atoms. The van der Waals surface area contributed by atoms with E-state index in [1.54, 1.807) is 0 Å². The zero-order valence-electron chi connectivity index (χ0n) is 14.0. The van der Waals surface area contributed by atoms with E-state index in [9.17, 15) is 4.79 Å². The quantitative estimate of drug-likeness (QED) is 0.889. The largest absolute Gasteiger partial charge is 0.310 e. The van der Waals surface area contributed by atoms with E-state index in [1.165, 1.54) is 19.2 Å². The van der Waals surface area contributed by atoms with Crippen molar-refractivity contribution in [3.8, 4) is 0 Å². The monoisotopic (exact) mass is 313 g/mol. The van der Waals surface area contributed by atoms with Crippen molar-refractivity contribution in [2.24, 2.45) is 5.92 Å². The minimum absolute atomic E-state index is 0.0667. The summed E-state index contributed by atoms with van der Waals surface area (Å²) in [7, 11) is 0. The maximum atomic E-state index is 12.3. The third kappa shape index (κ3) is 3.75. The molecule has 6 nitrogen and oxygen atoms in total. The van der Waals surface area contributed by atoms with Gasteiger partial charge in [-0.15, -0.1) is 0 Å². The number of carbonyl (C=O) groups is 1. The fraction of sp³-hybridized carbons (Fsp3) is 0.529. The lowest BCUT2D eigenvalue weighted by Crippen LogP contribution is -2.16. The van der Waals surface area contributed by atoms with Crippen molar-refractivity contribution in [3.05, 3.63) is 35.0 Å². The van der Waals surface area contributed by atoms with Gasteiger partial charge in [-0.2, -0.15) is 5.10 Å². The Morgan fingerprint density at radius 1 is 1.35 bits per heavy atom. The van der Waals surface area contributed by atoms with Gasteiger partial charge < -0.3 is 5.32 Å². The summed E-state index contributed by atoms with van der Waals surface area (Å²) >= 11 is 0. The van der Waals surface area contributed by atoms with Gasteiger partial charge in [0.15, 0.2) is 0 Å². The minimum Gasteiger partial charge on any atom is -0.310 e. The Balaban J connectivity index is 1.68. The van der Waals surface area contributed by atoms with Crippen molar-refractivity contribution in [3.63, 3.8) is 0 Å². The first-order chi connectivity index (χ1) is 11.1. The Morgan fingerprint density at radius 2 is 2.13 bits per heavy atom. The molecule has 2 aromatic heterocycles. The third-order valence-electron chi connectivity index (χ3n) is 4.35. The van der Waals surface area contributed by atoms with Gasteiger partial charge in [0, 0.05) is 29.6 Å². The molecule has 2 heterocycles. The van der Waals surface area contributed by atoms with E-state index in [1.807, 2.05) is 26.8 Å². The Hall–Kier alpha value is -2.24. The lowest BCUT2D eigenvalue weighted by atomic mass is 10.1. The maximum absolute atomic E-state index is 12.3. The lowest BCUT2D eigenvalue weighted by Gasteiger charge is -2.06. The second kappa shape index (κ2) is 6.48. The van der Waals surface area contributed by atoms with Crippen LogP contribution >= 0.6 is 0 Å². The fourth-order valence-corrected chi connectivity index (χ4v) is 2.72. The molecule has 1 fully saturated rings. The molecule has 0 atom stereocenters. The summed E-state index contributed by atoms with van der Waals surface area (Å²) in [5, 5.41) is 7.44. The smallest absolute Gasteiger partial charge is 0.230 e. The minimum atomic E-state index is -0.0667. The normalized spacial score (nSPS) is 14.0. The predicted octanol–water partition coefficient (Wildman–Crippen LogP) is 2.44. The van der Waals surface area contributed by atoms with Gasteiger partial charge in [0.2, 0.25) is 5.91 Å². The highest BCUT2D eigenvalue weighted by Gasteiger charge is 2.24. The molecule has 0 spiro atoms. The highest BCUT2D eigenvalue weighted by atomic mass is 16.1. The second-order valence-corrected chi connectivity index (χ2v) is 6.25. The molecule has 0 saturated heterocycles. The van der Waals surface area contributed by atoms with E-state index in [0.29, 0.717) is 12.2 Å². The zero-order valence-corrected chi connectivity index (χ0v) is 14.0. The van der Waals surface area contributed by atoms with Crippen molar-refractivity contribution in [1.29, 1.82) is 0 Å². The molecule has 0 aromatic carbocycles. The molecule has 23 heavy (non-hydrogen) atoms. The highest BCUT2D eigenvalue weighted by Crippen LogP contribution is 2.31. The standard InChI is InChI=1S/C17H23N5O/c1-4-14-7-16(19-10-18-14)20-17(23)8-15-11(2)21-22(12(15)3)9-13-5-6-13/h7,10,13H,4-6,8-9H2,1-3H3,(H,18,19,20,23). The predicted molar refractivity (Wildman–Crippen MR) is 88.2 cm³/mol. The van der Waals surface area contributed by atoms with E-state index < -0.39 is 0 Å². The first-order valence-electron chi connectivity index (χ1n) is 8.20. The summed E-state index contributed by atoms with van der Waals surface area (Å²) in [6, 6.07) is 1.81. The molecule has 1 amide bonds. The molecule has 0 unspecified atom stereocenters. The fourth-order valence-electron chi connectivity index (χ4n) is 2.72. The van der Waals surface area contributed by atoms with Crippen LogP contribution in [0.4, 0.5) is 5.82 Å². The van der Waals surface area contributed by atoms with Gasteiger partial charge in [0.1, 0.15) is 12.1 Å². The van der Waals surface area contributed by atoms with E-state index in [-0.39, 0.29) is 5.91 Å². The van der Waals surface area contributed by atoms with Crippen LogP contribution in [0.5, 0.6) is 0 Å². The van der Waals surface area contributed by atoms with Crippen LogP contribution in [-0.4, -0.2) is 25.7 Å². The summed E-state index contributed by atoms with van der Waals surface area (Å²) in [4.78, 5) is 20.6. The number of nitrogens with zero attached hydrogens (tertiary/aromatic N) is 4. The zero-order chi connectivity index (χ0) is 16.4. The number of aryl methyl sites for hydroxylation is 2. The van der Waals surface area contributed by atoms with Crippen LogP contribution in [0.3, 0.4) is 0 Å². The van der Waals surface area contributed by atoms with Gasteiger partial charge in [-0.1, -0.05) is 6.92 Å². The number of nitrogens with one attached hydrogen (secondary N) is 1. The number of rotatable bonds is 6. The summed E-state index contributed by atoms with van der Waals surface area (Å²) in [5.74, 6) is 1.26. The van der Waals surface area contributed by atoms with Gasteiger partial charge in [0.25, 0.3) is 0 Å². The SMILES string of the molecule is CCc1cc(NC(=O)Cc2c(C)nn(CC3CC3)c2C)ncn1. The average molecular weight is 313 g/mol. The molecule has 1 saturated carbocycles. The van der Waals surface area contributed by atoms with Gasteiger partial charge in [-0.3, -0.25) is 9.48 Å². The Bertz CT molecular complexity index is 718. The molecule has 1 aliphatic carbocycles. The maximum Gasteiger partial charge on any atom is 0.230 e. The molecular formula is C17H23N5O. The topological polar surface area (TPSA) is 72.7 Å². The summed E-state index contributed by atoms with van der Waals surface area (Å²) in [6.45, 7) is 7.01. The molecule has 1 N–H and O–H groups in total. The van der Waals surface area contributed by atoms with Crippen molar-refractivity contribution < 1.29 is 4.79 Å². The Kier molecular flexibility index (Phi) is 4.41.